The lowest BCUT2D eigenvalue weighted by Crippen LogP contribution is -2.37. The van der Waals surface area contributed by atoms with Gasteiger partial charge < -0.3 is 20.6 Å². The lowest BCUT2D eigenvalue weighted by molar-refractivity contribution is -0.130. The van der Waals surface area contributed by atoms with E-state index >= 15 is 0 Å². The van der Waals surface area contributed by atoms with Gasteiger partial charge in [-0.3, -0.25) is 14.4 Å². The molecule has 3 aromatic rings. The zero-order valence-electron chi connectivity index (χ0n) is 19.8. The van der Waals surface area contributed by atoms with Crippen LogP contribution in [0.2, 0.25) is 0 Å². The molecule has 5 atom stereocenters. The highest BCUT2D eigenvalue weighted by molar-refractivity contribution is 5.93. The van der Waals surface area contributed by atoms with E-state index in [1.54, 1.807) is 24.5 Å². The number of pyridine rings is 1. The van der Waals surface area contributed by atoms with Crippen molar-refractivity contribution in [2.75, 3.05) is 11.9 Å². The van der Waals surface area contributed by atoms with E-state index in [0.717, 1.165) is 49.6 Å². The number of aromatic nitrogens is 2. The molecule has 0 saturated heterocycles. The van der Waals surface area contributed by atoms with E-state index in [2.05, 4.69) is 26.7 Å². The van der Waals surface area contributed by atoms with E-state index in [9.17, 15) is 14.4 Å². The molecular formula is C28H32N4O3. The van der Waals surface area contributed by atoms with Gasteiger partial charge in [0.1, 0.15) is 11.5 Å². The number of hydrogen-bond acceptors (Lipinski definition) is 4. The number of amides is 1. The minimum Gasteiger partial charge on any atom is -0.382 e. The number of hydrogen-bond donors (Lipinski definition) is 4. The third-order valence-corrected chi connectivity index (χ3v) is 8.87. The summed E-state index contributed by atoms with van der Waals surface area (Å²) in [7, 11) is 0. The third-order valence-electron chi connectivity index (χ3n) is 8.87. The summed E-state index contributed by atoms with van der Waals surface area (Å²) in [6.07, 6.45) is 10.3. The Bertz CT molecular complexity index is 1310. The zero-order chi connectivity index (χ0) is 24.0. The van der Waals surface area contributed by atoms with E-state index in [1.807, 2.05) is 18.2 Å². The molecule has 3 fully saturated rings. The molecule has 0 aliphatic heterocycles. The molecule has 2 aromatic heterocycles. The van der Waals surface area contributed by atoms with Crippen molar-refractivity contribution in [3.05, 3.63) is 64.8 Å². The Balaban J connectivity index is 1.10. The average Bonchev–Trinajstić information content (AvgIpc) is 3.55. The molecule has 7 nitrogen and oxygen atoms in total. The highest BCUT2D eigenvalue weighted by Crippen LogP contribution is 2.63. The molecule has 3 saturated carbocycles. The Morgan fingerprint density at radius 1 is 1.06 bits per heavy atom. The summed E-state index contributed by atoms with van der Waals surface area (Å²) in [5, 5.41) is 8.31. The van der Waals surface area contributed by atoms with E-state index < -0.39 is 0 Å². The van der Waals surface area contributed by atoms with Crippen LogP contribution in [0.3, 0.4) is 0 Å². The van der Waals surface area contributed by atoms with Gasteiger partial charge in [0.15, 0.2) is 0 Å². The normalized spacial score (nSPS) is 29.1. The van der Waals surface area contributed by atoms with Gasteiger partial charge in [-0.15, -0.1) is 0 Å². The molecule has 2 heterocycles. The summed E-state index contributed by atoms with van der Waals surface area (Å²) in [4.78, 5) is 43.3. The van der Waals surface area contributed by atoms with Gasteiger partial charge in [0.05, 0.1) is 0 Å². The van der Waals surface area contributed by atoms with Crippen LogP contribution in [0.5, 0.6) is 0 Å². The fourth-order valence-electron chi connectivity index (χ4n) is 7.44. The molecule has 35 heavy (non-hydrogen) atoms. The quantitative estimate of drug-likeness (QED) is 0.413. The molecule has 6 rings (SSSR count). The highest BCUT2D eigenvalue weighted by Gasteiger charge is 2.59. The number of H-pyrrole nitrogens is 2. The van der Waals surface area contributed by atoms with E-state index in [0.29, 0.717) is 53.6 Å². The first-order valence-electron chi connectivity index (χ1n) is 12.8. The van der Waals surface area contributed by atoms with E-state index in [1.165, 1.54) is 0 Å². The van der Waals surface area contributed by atoms with Crippen LogP contribution in [-0.2, 0) is 4.79 Å². The molecule has 1 unspecified atom stereocenters. The molecule has 2 bridgehead atoms. The molecule has 4 N–H and O–H groups in total. The molecule has 182 valence electrons. The van der Waals surface area contributed by atoms with Crippen molar-refractivity contribution in [3.63, 3.8) is 0 Å². The molecule has 1 aromatic carbocycles. The summed E-state index contributed by atoms with van der Waals surface area (Å²) in [5.74, 6) is 1.80. The lowest BCUT2D eigenvalue weighted by Gasteiger charge is -2.33. The second kappa shape index (κ2) is 8.70. The SMILES string of the molecule is O=C(NCCC(=O)[C@@]12CC[C@@H]3C[C@H](Nc4ccc5c(=O)[nH]ccc5c4)C[C@@H](CC31)C2)c1ccc[nH]1. The molecule has 3 aliphatic carbocycles. The maximum Gasteiger partial charge on any atom is 0.267 e. The number of benzene rings is 1. The van der Waals surface area contributed by atoms with Crippen molar-refractivity contribution in [3.8, 4) is 0 Å². The Morgan fingerprint density at radius 2 is 1.97 bits per heavy atom. The number of anilines is 1. The van der Waals surface area contributed by atoms with Crippen LogP contribution in [-0.4, -0.2) is 34.2 Å². The predicted octanol–water partition coefficient (Wildman–Crippen LogP) is 4.24. The van der Waals surface area contributed by atoms with Crippen LogP contribution < -0.4 is 16.2 Å². The van der Waals surface area contributed by atoms with Crippen molar-refractivity contribution in [1.82, 2.24) is 15.3 Å². The molecule has 3 aliphatic rings. The smallest absolute Gasteiger partial charge is 0.267 e. The van der Waals surface area contributed by atoms with Gasteiger partial charge in [-0.05, 0) is 98.1 Å². The van der Waals surface area contributed by atoms with Crippen LogP contribution in [0, 0.1) is 23.2 Å². The first-order chi connectivity index (χ1) is 17.0. The van der Waals surface area contributed by atoms with Crippen LogP contribution in [0.25, 0.3) is 10.8 Å². The zero-order valence-corrected chi connectivity index (χ0v) is 19.8. The summed E-state index contributed by atoms with van der Waals surface area (Å²) in [5.41, 5.74) is 1.35. The van der Waals surface area contributed by atoms with Crippen molar-refractivity contribution in [2.24, 2.45) is 23.2 Å². The topological polar surface area (TPSA) is 107 Å². The maximum absolute atomic E-state index is 13.5. The van der Waals surface area contributed by atoms with Crippen LogP contribution >= 0.6 is 0 Å². The Morgan fingerprint density at radius 3 is 2.83 bits per heavy atom. The van der Waals surface area contributed by atoms with E-state index in [-0.39, 0.29) is 16.9 Å². The number of carbonyl (C=O) groups excluding carboxylic acids is 2. The number of fused-ring (bicyclic) bond motifs is 2. The van der Waals surface area contributed by atoms with Gasteiger partial charge in [0.2, 0.25) is 0 Å². The van der Waals surface area contributed by atoms with Crippen LogP contribution in [0.1, 0.15) is 55.4 Å². The van der Waals surface area contributed by atoms with Crippen molar-refractivity contribution >= 4 is 28.2 Å². The molecular weight excluding hydrogens is 440 g/mol. The fourth-order valence-corrected chi connectivity index (χ4v) is 7.44. The van der Waals surface area contributed by atoms with Gasteiger partial charge in [0, 0.05) is 47.9 Å². The van der Waals surface area contributed by atoms with Crippen molar-refractivity contribution in [2.45, 2.75) is 51.0 Å². The molecule has 7 heteroatoms. The largest absolute Gasteiger partial charge is 0.382 e. The number of rotatable bonds is 7. The Hall–Kier alpha value is -3.35. The average molecular weight is 473 g/mol. The first-order valence-corrected chi connectivity index (χ1v) is 12.8. The van der Waals surface area contributed by atoms with Gasteiger partial charge >= 0.3 is 0 Å². The summed E-state index contributed by atoms with van der Waals surface area (Å²) in [6.45, 7) is 0.398. The van der Waals surface area contributed by atoms with E-state index in [4.69, 9.17) is 0 Å². The second-order valence-electron chi connectivity index (χ2n) is 10.8. The minimum atomic E-state index is -0.179. The Labute approximate surface area is 204 Å². The minimum absolute atomic E-state index is 0.0587. The Kier molecular flexibility index (Phi) is 5.50. The highest BCUT2D eigenvalue weighted by atomic mass is 16.2. The number of Topliss-reactive ketones (excluding diaryl/α,β-unsaturated/α-hetero) is 1. The molecule has 0 spiro atoms. The number of ketones is 1. The maximum atomic E-state index is 13.5. The van der Waals surface area contributed by atoms with Gasteiger partial charge in [0.25, 0.3) is 11.5 Å². The van der Waals surface area contributed by atoms with Crippen LogP contribution in [0.4, 0.5) is 5.69 Å². The fraction of sp³-hybridized carbons (Fsp3) is 0.464. The molecule has 0 radical (unpaired) electrons. The molecule has 1 amide bonds. The summed E-state index contributed by atoms with van der Waals surface area (Å²) >= 11 is 0. The third kappa shape index (κ3) is 3.97. The summed E-state index contributed by atoms with van der Waals surface area (Å²) in [6, 6.07) is 11.8. The van der Waals surface area contributed by atoms with Crippen molar-refractivity contribution in [1.29, 1.82) is 0 Å². The first kappa shape index (κ1) is 22.1. The number of carbonyl (C=O) groups is 2. The van der Waals surface area contributed by atoms with Crippen LogP contribution in [0.15, 0.2) is 53.6 Å². The van der Waals surface area contributed by atoms with Gasteiger partial charge in [-0.25, -0.2) is 0 Å². The monoisotopic (exact) mass is 472 g/mol. The van der Waals surface area contributed by atoms with Gasteiger partial charge in [-0.2, -0.15) is 0 Å². The second-order valence-corrected chi connectivity index (χ2v) is 10.8. The van der Waals surface area contributed by atoms with Crippen molar-refractivity contribution < 1.29 is 9.59 Å². The standard InChI is InChI=1S/C28H32N4O3/c33-25(7-11-31-27(35)24-2-1-9-29-24)28-8-5-19-15-21(12-17(16-28)13-23(19)28)32-20-3-4-22-18(14-20)6-10-30-26(22)34/h1-4,6,9-10,14,17,19,21,23,29,32H,5,7-8,11-13,15-16H2,(H,30,34)(H,31,35)/t17-,19+,21+,23?,28+/m0/s1. The number of aromatic amines is 2. The number of nitrogens with one attached hydrogen (secondary N) is 4. The lowest BCUT2D eigenvalue weighted by atomic mass is 9.72. The van der Waals surface area contributed by atoms with Gasteiger partial charge in [-0.1, -0.05) is 0 Å². The predicted molar refractivity (Wildman–Crippen MR) is 135 cm³/mol. The summed E-state index contributed by atoms with van der Waals surface area (Å²) < 4.78 is 0.